The highest BCUT2D eigenvalue weighted by Gasteiger charge is 2.31. The molecular formula is C15H17NO2. The zero-order chi connectivity index (χ0) is 12.7. The van der Waals surface area contributed by atoms with Crippen LogP contribution >= 0.6 is 0 Å². The third-order valence-corrected chi connectivity index (χ3v) is 3.99. The maximum absolute atomic E-state index is 11.4. The van der Waals surface area contributed by atoms with Crippen molar-refractivity contribution in [2.75, 3.05) is 0 Å². The van der Waals surface area contributed by atoms with E-state index in [1.165, 1.54) is 11.2 Å². The summed E-state index contributed by atoms with van der Waals surface area (Å²) in [7, 11) is 0. The second-order valence-electron chi connectivity index (χ2n) is 4.90. The van der Waals surface area contributed by atoms with Crippen LogP contribution < -0.4 is 0 Å². The summed E-state index contributed by atoms with van der Waals surface area (Å²) in [6.07, 6.45) is 2.74. The van der Waals surface area contributed by atoms with E-state index in [9.17, 15) is 9.90 Å². The van der Waals surface area contributed by atoms with Gasteiger partial charge in [0.1, 0.15) is 0 Å². The molecule has 3 nitrogen and oxygen atoms in total. The van der Waals surface area contributed by atoms with Crippen molar-refractivity contribution in [1.82, 2.24) is 4.57 Å². The number of carbonyl (C=O) groups is 1. The SMILES string of the molecule is CCn1c2c(c3ccccc31)C(C(=O)O)CCC2. The van der Waals surface area contributed by atoms with E-state index >= 15 is 0 Å². The Morgan fingerprint density at radius 2 is 2.22 bits per heavy atom. The summed E-state index contributed by atoms with van der Waals surface area (Å²) in [5, 5.41) is 10.5. The molecule has 0 saturated carbocycles. The molecule has 3 heteroatoms. The molecule has 0 amide bonds. The first-order valence-corrected chi connectivity index (χ1v) is 6.56. The van der Waals surface area contributed by atoms with Crippen LogP contribution in [-0.2, 0) is 17.8 Å². The molecule has 1 atom stereocenters. The molecular weight excluding hydrogens is 226 g/mol. The Morgan fingerprint density at radius 3 is 2.94 bits per heavy atom. The summed E-state index contributed by atoms with van der Waals surface area (Å²) in [6.45, 7) is 3.03. The third kappa shape index (κ3) is 1.47. The number of aliphatic carboxylic acids is 1. The molecule has 1 aliphatic rings. The molecule has 0 bridgehead atoms. The Morgan fingerprint density at radius 1 is 1.44 bits per heavy atom. The van der Waals surface area contributed by atoms with Crippen LogP contribution in [0.25, 0.3) is 10.9 Å². The highest BCUT2D eigenvalue weighted by Crippen LogP contribution is 2.39. The van der Waals surface area contributed by atoms with Crippen LogP contribution in [0.3, 0.4) is 0 Å². The molecule has 0 fully saturated rings. The van der Waals surface area contributed by atoms with Gasteiger partial charge in [-0.2, -0.15) is 0 Å². The van der Waals surface area contributed by atoms with E-state index in [0.717, 1.165) is 36.8 Å². The van der Waals surface area contributed by atoms with Crippen LogP contribution in [0.2, 0.25) is 0 Å². The molecule has 1 heterocycles. The zero-order valence-electron chi connectivity index (χ0n) is 10.5. The monoisotopic (exact) mass is 243 g/mol. The fraction of sp³-hybridized carbons (Fsp3) is 0.400. The number of hydrogen-bond donors (Lipinski definition) is 1. The Balaban J connectivity index is 2.34. The van der Waals surface area contributed by atoms with Crippen molar-refractivity contribution in [2.24, 2.45) is 0 Å². The van der Waals surface area contributed by atoms with Crippen LogP contribution in [0.5, 0.6) is 0 Å². The maximum atomic E-state index is 11.4. The summed E-state index contributed by atoms with van der Waals surface area (Å²) in [4.78, 5) is 11.4. The standard InChI is InChI=1S/C15H17NO2/c1-2-16-12-8-4-3-6-10(12)14-11(15(17)18)7-5-9-13(14)16/h3-4,6,8,11H,2,5,7,9H2,1H3,(H,17,18). The van der Waals surface area contributed by atoms with Crippen LogP contribution in [0.4, 0.5) is 0 Å². The lowest BCUT2D eigenvalue weighted by Gasteiger charge is -2.21. The van der Waals surface area contributed by atoms with E-state index in [-0.39, 0.29) is 5.92 Å². The van der Waals surface area contributed by atoms with Gasteiger partial charge in [-0.15, -0.1) is 0 Å². The molecule has 1 N–H and O–H groups in total. The smallest absolute Gasteiger partial charge is 0.311 e. The molecule has 0 spiro atoms. The molecule has 18 heavy (non-hydrogen) atoms. The van der Waals surface area contributed by atoms with Crippen molar-refractivity contribution in [3.63, 3.8) is 0 Å². The first kappa shape index (κ1) is 11.3. The number of carboxylic acid groups (broad SMARTS) is 1. The average Bonchev–Trinajstić information content (AvgIpc) is 2.72. The molecule has 1 unspecified atom stereocenters. The van der Waals surface area contributed by atoms with Gasteiger partial charge in [0.15, 0.2) is 0 Å². The number of hydrogen-bond acceptors (Lipinski definition) is 1. The van der Waals surface area contributed by atoms with Crippen LogP contribution in [0, 0.1) is 0 Å². The fourth-order valence-corrected chi connectivity index (χ4v) is 3.27. The normalized spacial score (nSPS) is 18.8. The lowest BCUT2D eigenvalue weighted by atomic mass is 9.85. The quantitative estimate of drug-likeness (QED) is 0.880. The molecule has 2 aromatic rings. The summed E-state index contributed by atoms with van der Waals surface area (Å²) in [6, 6.07) is 8.17. The first-order chi connectivity index (χ1) is 8.74. The summed E-state index contributed by atoms with van der Waals surface area (Å²) in [5.74, 6) is -1.01. The van der Waals surface area contributed by atoms with Crippen molar-refractivity contribution < 1.29 is 9.90 Å². The Bertz CT molecular complexity index is 612. The number of nitrogens with zero attached hydrogens (tertiary/aromatic N) is 1. The second kappa shape index (κ2) is 4.16. The number of carboxylic acids is 1. The van der Waals surface area contributed by atoms with Crippen molar-refractivity contribution in [3.8, 4) is 0 Å². The number of benzene rings is 1. The van der Waals surface area contributed by atoms with Crippen LogP contribution in [-0.4, -0.2) is 15.6 Å². The molecule has 1 aliphatic carbocycles. The van der Waals surface area contributed by atoms with Gasteiger partial charge in [-0.05, 0) is 37.8 Å². The average molecular weight is 243 g/mol. The van der Waals surface area contributed by atoms with Gasteiger partial charge in [0, 0.05) is 23.1 Å². The maximum Gasteiger partial charge on any atom is 0.311 e. The molecule has 1 aromatic heterocycles. The van der Waals surface area contributed by atoms with E-state index in [1.54, 1.807) is 0 Å². The van der Waals surface area contributed by atoms with Gasteiger partial charge in [-0.1, -0.05) is 18.2 Å². The third-order valence-electron chi connectivity index (χ3n) is 3.99. The second-order valence-corrected chi connectivity index (χ2v) is 4.90. The van der Waals surface area contributed by atoms with Gasteiger partial charge in [0.2, 0.25) is 0 Å². The van der Waals surface area contributed by atoms with E-state index in [4.69, 9.17) is 0 Å². The van der Waals surface area contributed by atoms with Gasteiger partial charge in [-0.3, -0.25) is 4.79 Å². The lowest BCUT2D eigenvalue weighted by molar-refractivity contribution is -0.139. The highest BCUT2D eigenvalue weighted by atomic mass is 16.4. The predicted octanol–water partition coefficient (Wildman–Crippen LogP) is 3.17. The Kier molecular flexibility index (Phi) is 2.62. The van der Waals surface area contributed by atoms with Crippen molar-refractivity contribution in [3.05, 3.63) is 35.5 Å². The fourth-order valence-electron chi connectivity index (χ4n) is 3.27. The van der Waals surface area contributed by atoms with E-state index in [0.29, 0.717) is 0 Å². The topological polar surface area (TPSA) is 42.2 Å². The van der Waals surface area contributed by atoms with Gasteiger partial charge < -0.3 is 9.67 Å². The number of fused-ring (bicyclic) bond motifs is 3. The lowest BCUT2D eigenvalue weighted by Crippen LogP contribution is -2.18. The van der Waals surface area contributed by atoms with Gasteiger partial charge in [0.05, 0.1) is 5.92 Å². The zero-order valence-corrected chi connectivity index (χ0v) is 10.5. The largest absolute Gasteiger partial charge is 0.481 e. The summed E-state index contributed by atoms with van der Waals surface area (Å²) < 4.78 is 2.28. The van der Waals surface area contributed by atoms with E-state index in [1.807, 2.05) is 12.1 Å². The minimum atomic E-state index is -0.685. The molecule has 3 rings (SSSR count). The number of aromatic nitrogens is 1. The molecule has 94 valence electrons. The van der Waals surface area contributed by atoms with Crippen molar-refractivity contribution in [2.45, 2.75) is 38.6 Å². The first-order valence-electron chi connectivity index (χ1n) is 6.56. The van der Waals surface area contributed by atoms with E-state index in [2.05, 4.69) is 23.6 Å². The minimum Gasteiger partial charge on any atom is -0.481 e. The van der Waals surface area contributed by atoms with Gasteiger partial charge >= 0.3 is 5.97 Å². The minimum absolute atomic E-state index is 0.327. The molecule has 0 saturated heterocycles. The molecule has 0 radical (unpaired) electrons. The highest BCUT2D eigenvalue weighted by molar-refractivity contribution is 5.91. The number of rotatable bonds is 2. The number of para-hydroxylation sites is 1. The molecule has 1 aromatic carbocycles. The van der Waals surface area contributed by atoms with Crippen LogP contribution in [0.1, 0.15) is 36.9 Å². The van der Waals surface area contributed by atoms with Gasteiger partial charge in [-0.25, -0.2) is 0 Å². The predicted molar refractivity (Wildman–Crippen MR) is 70.9 cm³/mol. The number of aryl methyl sites for hydroxylation is 1. The Hall–Kier alpha value is -1.77. The Labute approximate surface area is 106 Å². The summed E-state index contributed by atoms with van der Waals surface area (Å²) >= 11 is 0. The van der Waals surface area contributed by atoms with E-state index < -0.39 is 5.97 Å². The summed E-state index contributed by atoms with van der Waals surface area (Å²) in [5.41, 5.74) is 3.47. The molecule has 0 aliphatic heterocycles. The van der Waals surface area contributed by atoms with Crippen molar-refractivity contribution >= 4 is 16.9 Å². The van der Waals surface area contributed by atoms with Gasteiger partial charge in [0.25, 0.3) is 0 Å². The van der Waals surface area contributed by atoms with Crippen LogP contribution in [0.15, 0.2) is 24.3 Å². The van der Waals surface area contributed by atoms with Crippen molar-refractivity contribution in [1.29, 1.82) is 0 Å².